The van der Waals surface area contributed by atoms with Gasteiger partial charge in [-0.1, -0.05) is 30.3 Å². The Morgan fingerprint density at radius 2 is 1.67 bits per heavy atom. The molecule has 2 aromatic rings. The predicted octanol–water partition coefficient (Wildman–Crippen LogP) is 3.58. The van der Waals surface area contributed by atoms with Crippen LogP contribution in [0.3, 0.4) is 0 Å². The number of Topliss-reactive ketones (excluding diaryl/α,β-unsaturated/α-hetero) is 1. The first-order chi connectivity index (χ1) is 8.77. The quantitative estimate of drug-likeness (QED) is 0.744. The van der Waals surface area contributed by atoms with Crippen LogP contribution < -0.4 is 4.90 Å². The monoisotopic (exact) mass is 237 g/mol. The van der Waals surface area contributed by atoms with E-state index in [1.165, 1.54) is 11.3 Å². The molecule has 0 amide bonds. The molecule has 2 aromatic carbocycles. The molecule has 0 fully saturated rings. The highest BCUT2D eigenvalue weighted by atomic mass is 16.1. The third-order valence-corrected chi connectivity index (χ3v) is 3.46. The van der Waals surface area contributed by atoms with Crippen LogP contribution in [0.4, 0.5) is 11.4 Å². The fourth-order valence-electron chi connectivity index (χ4n) is 2.60. The first kappa shape index (κ1) is 11.0. The minimum atomic E-state index is 0.120. The Morgan fingerprint density at radius 1 is 1.00 bits per heavy atom. The van der Waals surface area contributed by atoms with E-state index in [4.69, 9.17) is 0 Å². The van der Waals surface area contributed by atoms with E-state index < -0.39 is 0 Å². The summed E-state index contributed by atoms with van der Waals surface area (Å²) in [5, 5.41) is 0. The lowest BCUT2D eigenvalue weighted by molar-refractivity contribution is 0.101. The summed E-state index contributed by atoms with van der Waals surface area (Å²) in [6, 6.07) is 16.2. The number of anilines is 2. The first-order valence-electron chi connectivity index (χ1n) is 6.23. The fourth-order valence-corrected chi connectivity index (χ4v) is 2.60. The molecule has 0 spiro atoms. The molecule has 3 rings (SSSR count). The van der Waals surface area contributed by atoms with Gasteiger partial charge in [-0.15, -0.1) is 0 Å². The van der Waals surface area contributed by atoms with Crippen LogP contribution in [0, 0.1) is 0 Å². The van der Waals surface area contributed by atoms with Crippen molar-refractivity contribution < 1.29 is 4.79 Å². The number of hydrogen-bond acceptors (Lipinski definition) is 2. The standard InChI is InChI=1S/C16H15NO/c1-12(18)14-7-3-5-9-16(14)17-11-10-13-6-2-4-8-15(13)17/h2-9H,10-11H2,1H3. The number of ketones is 1. The average Bonchev–Trinajstić information content (AvgIpc) is 2.82. The molecule has 0 bridgehead atoms. The van der Waals surface area contributed by atoms with E-state index in [1.807, 2.05) is 30.3 Å². The molecule has 0 unspecified atom stereocenters. The Bertz CT molecular complexity index is 604. The fraction of sp³-hybridized carbons (Fsp3) is 0.188. The Balaban J connectivity index is 2.10. The van der Waals surface area contributed by atoms with E-state index >= 15 is 0 Å². The minimum Gasteiger partial charge on any atom is -0.340 e. The highest BCUT2D eigenvalue weighted by Gasteiger charge is 2.22. The third-order valence-electron chi connectivity index (χ3n) is 3.46. The molecule has 2 nitrogen and oxygen atoms in total. The molecular weight excluding hydrogens is 222 g/mol. The largest absolute Gasteiger partial charge is 0.340 e. The smallest absolute Gasteiger partial charge is 0.161 e. The van der Waals surface area contributed by atoms with Gasteiger partial charge in [0.25, 0.3) is 0 Å². The normalized spacial score (nSPS) is 13.5. The number of para-hydroxylation sites is 2. The van der Waals surface area contributed by atoms with Gasteiger partial charge in [0.05, 0.1) is 5.69 Å². The maximum atomic E-state index is 11.7. The van der Waals surface area contributed by atoms with Gasteiger partial charge >= 0.3 is 0 Å². The molecule has 1 aliphatic rings. The van der Waals surface area contributed by atoms with Crippen molar-refractivity contribution in [2.75, 3.05) is 11.4 Å². The summed E-state index contributed by atoms with van der Waals surface area (Å²) in [6.45, 7) is 2.57. The topological polar surface area (TPSA) is 20.3 Å². The van der Waals surface area contributed by atoms with Gasteiger partial charge in [0.15, 0.2) is 5.78 Å². The van der Waals surface area contributed by atoms with Crippen LogP contribution in [-0.4, -0.2) is 12.3 Å². The summed E-state index contributed by atoms with van der Waals surface area (Å²) >= 11 is 0. The summed E-state index contributed by atoms with van der Waals surface area (Å²) in [4.78, 5) is 14.0. The van der Waals surface area contributed by atoms with E-state index in [0.29, 0.717) is 0 Å². The van der Waals surface area contributed by atoms with E-state index in [2.05, 4.69) is 23.1 Å². The molecule has 0 radical (unpaired) electrons. The van der Waals surface area contributed by atoms with Crippen molar-refractivity contribution in [2.24, 2.45) is 0 Å². The van der Waals surface area contributed by atoms with E-state index in [1.54, 1.807) is 6.92 Å². The molecule has 0 aliphatic carbocycles. The molecule has 0 saturated heterocycles. The second-order valence-corrected chi connectivity index (χ2v) is 4.60. The Kier molecular flexibility index (Phi) is 2.63. The summed E-state index contributed by atoms with van der Waals surface area (Å²) in [6.07, 6.45) is 1.04. The zero-order chi connectivity index (χ0) is 12.5. The van der Waals surface area contributed by atoms with Gasteiger partial charge in [0.2, 0.25) is 0 Å². The molecule has 0 saturated carbocycles. The van der Waals surface area contributed by atoms with Crippen molar-refractivity contribution >= 4 is 17.2 Å². The summed E-state index contributed by atoms with van der Waals surface area (Å²) < 4.78 is 0. The number of carbonyl (C=O) groups is 1. The van der Waals surface area contributed by atoms with Crippen LogP contribution in [0.2, 0.25) is 0 Å². The SMILES string of the molecule is CC(=O)c1ccccc1N1CCc2ccccc21. The van der Waals surface area contributed by atoms with Gasteiger partial charge in [-0.25, -0.2) is 0 Å². The van der Waals surface area contributed by atoms with Crippen LogP contribution in [-0.2, 0) is 6.42 Å². The van der Waals surface area contributed by atoms with Gasteiger partial charge in [-0.2, -0.15) is 0 Å². The van der Waals surface area contributed by atoms with Gasteiger partial charge in [0.1, 0.15) is 0 Å². The molecule has 0 N–H and O–H groups in total. The number of hydrogen-bond donors (Lipinski definition) is 0. The third kappa shape index (κ3) is 1.70. The Morgan fingerprint density at radius 3 is 2.44 bits per heavy atom. The van der Waals surface area contributed by atoms with Crippen molar-refractivity contribution in [3.63, 3.8) is 0 Å². The molecule has 0 atom stereocenters. The van der Waals surface area contributed by atoms with Crippen LogP contribution in [0.15, 0.2) is 48.5 Å². The molecule has 1 heterocycles. The van der Waals surface area contributed by atoms with Gasteiger partial charge in [-0.3, -0.25) is 4.79 Å². The van der Waals surface area contributed by atoms with Gasteiger partial charge < -0.3 is 4.90 Å². The van der Waals surface area contributed by atoms with Crippen molar-refractivity contribution in [1.29, 1.82) is 0 Å². The molecule has 90 valence electrons. The molecule has 1 aliphatic heterocycles. The highest BCUT2D eigenvalue weighted by Crippen LogP contribution is 2.35. The Labute approximate surface area is 107 Å². The van der Waals surface area contributed by atoms with E-state index in [0.717, 1.165) is 24.2 Å². The lowest BCUT2D eigenvalue weighted by Crippen LogP contribution is -2.16. The predicted molar refractivity (Wildman–Crippen MR) is 73.6 cm³/mol. The number of rotatable bonds is 2. The summed E-state index contributed by atoms with van der Waals surface area (Å²) in [5.74, 6) is 0.120. The maximum absolute atomic E-state index is 11.7. The lowest BCUT2D eigenvalue weighted by Gasteiger charge is -2.21. The van der Waals surface area contributed by atoms with Crippen molar-refractivity contribution in [3.05, 3.63) is 59.7 Å². The van der Waals surface area contributed by atoms with Gasteiger partial charge in [0, 0.05) is 17.8 Å². The van der Waals surface area contributed by atoms with Crippen LogP contribution in [0.5, 0.6) is 0 Å². The Hall–Kier alpha value is -2.09. The van der Waals surface area contributed by atoms with Gasteiger partial charge in [-0.05, 0) is 37.1 Å². The first-order valence-corrected chi connectivity index (χ1v) is 6.23. The zero-order valence-corrected chi connectivity index (χ0v) is 10.4. The number of benzene rings is 2. The maximum Gasteiger partial charge on any atom is 0.161 e. The molecule has 2 heteroatoms. The van der Waals surface area contributed by atoms with Crippen molar-refractivity contribution in [3.8, 4) is 0 Å². The van der Waals surface area contributed by atoms with Crippen LogP contribution in [0.25, 0.3) is 0 Å². The van der Waals surface area contributed by atoms with Crippen molar-refractivity contribution in [2.45, 2.75) is 13.3 Å². The number of nitrogens with zero attached hydrogens (tertiary/aromatic N) is 1. The second kappa shape index (κ2) is 4.30. The number of fused-ring (bicyclic) bond motifs is 1. The number of carbonyl (C=O) groups excluding carboxylic acids is 1. The molecule has 18 heavy (non-hydrogen) atoms. The summed E-state index contributed by atoms with van der Waals surface area (Å²) in [7, 11) is 0. The van der Waals surface area contributed by atoms with E-state index in [-0.39, 0.29) is 5.78 Å². The second-order valence-electron chi connectivity index (χ2n) is 4.60. The zero-order valence-electron chi connectivity index (χ0n) is 10.4. The summed E-state index contributed by atoms with van der Waals surface area (Å²) in [5.41, 5.74) is 4.41. The van der Waals surface area contributed by atoms with Crippen molar-refractivity contribution in [1.82, 2.24) is 0 Å². The highest BCUT2D eigenvalue weighted by molar-refractivity contribution is 6.00. The molecule has 0 aromatic heterocycles. The molecular formula is C16H15NO. The van der Waals surface area contributed by atoms with E-state index in [9.17, 15) is 4.79 Å². The van der Waals surface area contributed by atoms with Crippen LogP contribution in [0.1, 0.15) is 22.8 Å². The minimum absolute atomic E-state index is 0.120. The van der Waals surface area contributed by atoms with Crippen LogP contribution >= 0.6 is 0 Å². The average molecular weight is 237 g/mol. The lowest BCUT2D eigenvalue weighted by atomic mass is 10.1.